The maximum absolute atomic E-state index is 2.23. The molecule has 0 spiro atoms. The molecular weight excluding hydrogens is 132 g/mol. The molecule has 1 aromatic rings. The van der Waals surface area contributed by atoms with Crippen LogP contribution in [0.15, 0.2) is 30.3 Å². The summed E-state index contributed by atoms with van der Waals surface area (Å²) in [5, 5.41) is 0. The number of fused-ring (bicyclic) bond motifs is 1. The van der Waals surface area contributed by atoms with E-state index in [0.29, 0.717) is 0 Å². The third-order valence-electron chi connectivity index (χ3n) is 2.38. The fourth-order valence-corrected chi connectivity index (χ4v) is 1.76. The van der Waals surface area contributed by atoms with Gasteiger partial charge in [0.15, 0.2) is 0 Å². The Morgan fingerprint density at radius 1 is 1.18 bits per heavy atom. The lowest BCUT2D eigenvalue weighted by Gasteiger charge is -1.97. The largest absolute Gasteiger partial charge is 0.0838 e. The standard InChI is InChI=1S/C11H12/c1-2-9-7-8-10-5-3-4-6-11(9)10/h2-6H,7-8H2,1H3/b9-2+. The summed E-state index contributed by atoms with van der Waals surface area (Å²) in [5.41, 5.74) is 4.50. The highest BCUT2D eigenvalue weighted by Gasteiger charge is 2.13. The molecule has 0 aromatic heterocycles. The zero-order valence-electron chi connectivity index (χ0n) is 6.80. The van der Waals surface area contributed by atoms with Gasteiger partial charge >= 0.3 is 0 Å². The molecule has 0 fully saturated rings. The number of allylic oxidation sites excluding steroid dienone is 2. The van der Waals surface area contributed by atoms with Crippen molar-refractivity contribution >= 4 is 5.57 Å². The first kappa shape index (κ1) is 6.66. The molecule has 0 nitrogen and oxygen atoms in total. The SMILES string of the molecule is C/C=C1\CCc2ccccc21. The van der Waals surface area contributed by atoms with Crippen LogP contribution in [0.3, 0.4) is 0 Å². The lowest BCUT2D eigenvalue weighted by Crippen LogP contribution is -1.77. The summed E-state index contributed by atoms with van der Waals surface area (Å²) in [7, 11) is 0. The normalized spacial score (nSPS) is 18.8. The quantitative estimate of drug-likeness (QED) is 0.525. The second-order valence-corrected chi connectivity index (χ2v) is 2.97. The van der Waals surface area contributed by atoms with E-state index in [1.54, 1.807) is 0 Å². The van der Waals surface area contributed by atoms with E-state index >= 15 is 0 Å². The van der Waals surface area contributed by atoms with Crippen LogP contribution in [0.25, 0.3) is 5.57 Å². The van der Waals surface area contributed by atoms with Gasteiger partial charge in [-0.1, -0.05) is 30.3 Å². The minimum absolute atomic E-state index is 1.23. The van der Waals surface area contributed by atoms with Crippen LogP contribution in [0.1, 0.15) is 24.5 Å². The van der Waals surface area contributed by atoms with E-state index in [0.717, 1.165) is 0 Å². The summed E-state index contributed by atoms with van der Waals surface area (Å²) in [4.78, 5) is 0. The summed E-state index contributed by atoms with van der Waals surface area (Å²) in [6, 6.07) is 8.69. The van der Waals surface area contributed by atoms with Gasteiger partial charge in [0, 0.05) is 0 Å². The Morgan fingerprint density at radius 3 is 2.82 bits per heavy atom. The molecule has 0 saturated carbocycles. The van der Waals surface area contributed by atoms with E-state index in [1.807, 2.05) is 0 Å². The summed E-state index contributed by atoms with van der Waals surface area (Å²) >= 11 is 0. The zero-order valence-corrected chi connectivity index (χ0v) is 6.80. The fraction of sp³-hybridized carbons (Fsp3) is 0.273. The lowest BCUT2D eigenvalue weighted by molar-refractivity contribution is 1.08. The van der Waals surface area contributed by atoms with Crippen molar-refractivity contribution in [3.8, 4) is 0 Å². The van der Waals surface area contributed by atoms with Gasteiger partial charge < -0.3 is 0 Å². The third-order valence-corrected chi connectivity index (χ3v) is 2.38. The van der Waals surface area contributed by atoms with Crippen molar-refractivity contribution in [1.29, 1.82) is 0 Å². The predicted octanol–water partition coefficient (Wildman–Crippen LogP) is 3.04. The Hall–Kier alpha value is -1.04. The van der Waals surface area contributed by atoms with Crippen molar-refractivity contribution in [1.82, 2.24) is 0 Å². The molecule has 1 aliphatic rings. The first-order chi connectivity index (χ1) is 5.42. The van der Waals surface area contributed by atoms with Gasteiger partial charge in [-0.15, -0.1) is 0 Å². The highest BCUT2D eigenvalue weighted by Crippen LogP contribution is 2.31. The summed E-state index contributed by atoms with van der Waals surface area (Å²) < 4.78 is 0. The van der Waals surface area contributed by atoms with Crippen molar-refractivity contribution in [2.75, 3.05) is 0 Å². The Labute approximate surface area is 67.6 Å². The van der Waals surface area contributed by atoms with E-state index < -0.39 is 0 Å². The Kier molecular flexibility index (Phi) is 1.54. The second-order valence-electron chi connectivity index (χ2n) is 2.97. The van der Waals surface area contributed by atoms with E-state index in [-0.39, 0.29) is 0 Å². The highest BCUT2D eigenvalue weighted by molar-refractivity contribution is 5.72. The van der Waals surface area contributed by atoms with Crippen LogP contribution in [0.2, 0.25) is 0 Å². The first-order valence-corrected chi connectivity index (χ1v) is 4.15. The molecule has 1 aliphatic carbocycles. The smallest absolute Gasteiger partial charge is 0.0195 e. The average molecular weight is 144 g/mol. The Morgan fingerprint density at radius 2 is 2.00 bits per heavy atom. The fourth-order valence-electron chi connectivity index (χ4n) is 1.76. The molecule has 2 rings (SSSR count). The van der Waals surface area contributed by atoms with Gasteiger partial charge in [0.2, 0.25) is 0 Å². The van der Waals surface area contributed by atoms with Gasteiger partial charge in [-0.25, -0.2) is 0 Å². The maximum Gasteiger partial charge on any atom is -0.0195 e. The molecule has 0 heteroatoms. The molecule has 0 N–H and O–H groups in total. The van der Waals surface area contributed by atoms with Crippen LogP contribution in [0, 0.1) is 0 Å². The second kappa shape index (κ2) is 2.54. The number of benzene rings is 1. The van der Waals surface area contributed by atoms with Crippen molar-refractivity contribution in [3.63, 3.8) is 0 Å². The molecular formula is C11H12. The summed E-state index contributed by atoms with van der Waals surface area (Å²) in [6.07, 6.45) is 4.69. The van der Waals surface area contributed by atoms with Crippen molar-refractivity contribution < 1.29 is 0 Å². The molecule has 0 atom stereocenters. The molecule has 0 radical (unpaired) electrons. The van der Waals surface area contributed by atoms with Crippen LogP contribution in [-0.2, 0) is 6.42 Å². The zero-order chi connectivity index (χ0) is 7.68. The van der Waals surface area contributed by atoms with Gasteiger partial charge in [-0.2, -0.15) is 0 Å². The lowest BCUT2D eigenvalue weighted by atomic mass is 10.1. The molecule has 0 unspecified atom stereocenters. The van der Waals surface area contributed by atoms with E-state index in [2.05, 4.69) is 37.3 Å². The van der Waals surface area contributed by atoms with E-state index in [9.17, 15) is 0 Å². The molecule has 1 aromatic carbocycles. The summed E-state index contributed by atoms with van der Waals surface area (Å²) in [6.45, 7) is 2.12. The van der Waals surface area contributed by atoms with Crippen LogP contribution < -0.4 is 0 Å². The molecule has 0 aliphatic heterocycles. The monoisotopic (exact) mass is 144 g/mol. The van der Waals surface area contributed by atoms with Crippen molar-refractivity contribution in [3.05, 3.63) is 41.5 Å². The molecule has 0 bridgehead atoms. The van der Waals surface area contributed by atoms with Gasteiger partial charge in [-0.05, 0) is 36.5 Å². The van der Waals surface area contributed by atoms with Gasteiger partial charge in [0.05, 0.1) is 0 Å². The number of hydrogen-bond donors (Lipinski definition) is 0. The van der Waals surface area contributed by atoms with Gasteiger partial charge in [-0.3, -0.25) is 0 Å². The minimum atomic E-state index is 1.23. The van der Waals surface area contributed by atoms with Crippen LogP contribution in [0.5, 0.6) is 0 Å². The Bertz CT molecular complexity index is 295. The highest BCUT2D eigenvalue weighted by atomic mass is 14.2. The van der Waals surface area contributed by atoms with E-state index in [1.165, 1.54) is 29.5 Å². The molecule has 0 saturated heterocycles. The number of aryl methyl sites for hydroxylation is 1. The minimum Gasteiger partial charge on any atom is -0.0838 e. The topological polar surface area (TPSA) is 0 Å². The van der Waals surface area contributed by atoms with E-state index in [4.69, 9.17) is 0 Å². The number of hydrogen-bond acceptors (Lipinski definition) is 0. The van der Waals surface area contributed by atoms with Gasteiger partial charge in [0.25, 0.3) is 0 Å². The molecule has 11 heavy (non-hydrogen) atoms. The third kappa shape index (κ3) is 0.988. The average Bonchev–Trinajstić information content (AvgIpc) is 2.47. The predicted molar refractivity (Wildman–Crippen MR) is 48.4 cm³/mol. The van der Waals surface area contributed by atoms with Crippen LogP contribution in [-0.4, -0.2) is 0 Å². The van der Waals surface area contributed by atoms with Gasteiger partial charge in [0.1, 0.15) is 0 Å². The number of rotatable bonds is 0. The summed E-state index contributed by atoms with van der Waals surface area (Å²) in [5.74, 6) is 0. The van der Waals surface area contributed by atoms with Crippen LogP contribution >= 0.6 is 0 Å². The molecule has 0 amide bonds. The van der Waals surface area contributed by atoms with Crippen LogP contribution in [0.4, 0.5) is 0 Å². The van der Waals surface area contributed by atoms with Crippen molar-refractivity contribution in [2.45, 2.75) is 19.8 Å². The van der Waals surface area contributed by atoms with Crippen molar-refractivity contribution in [2.24, 2.45) is 0 Å². The Balaban J connectivity index is 2.55. The molecule has 0 heterocycles. The maximum atomic E-state index is 2.23. The molecule has 56 valence electrons. The first-order valence-electron chi connectivity index (χ1n) is 4.15.